The van der Waals surface area contributed by atoms with Gasteiger partial charge in [0.05, 0.1) is 29.0 Å². The molecule has 0 fully saturated rings. The molecule has 2 N–H and O–H groups in total. The lowest BCUT2D eigenvalue weighted by Gasteiger charge is -2.15. The van der Waals surface area contributed by atoms with Crippen LogP contribution in [0.2, 0.25) is 0 Å². The third kappa shape index (κ3) is 3.78. The van der Waals surface area contributed by atoms with E-state index in [2.05, 4.69) is 44.9 Å². The van der Waals surface area contributed by atoms with Crippen molar-refractivity contribution in [1.29, 1.82) is 0 Å². The Morgan fingerprint density at radius 2 is 1.97 bits per heavy atom. The predicted molar refractivity (Wildman–Crippen MR) is 124 cm³/mol. The van der Waals surface area contributed by atoms with E-state index in [0.29, 0.717) is 41.8 Å². The number of hydrogen-bond donors (Lipinski definition) is 2. The summed E-state index contributed by atoms with van der Waals surface area (Å²) in [5.41, 5.74) is 5.18. The maximum absolute atomic E-state index is 13.4. The number of benzene rings is 1. The Morgan fingerprint density at radius 3 is 2.69 bits per heavy atom. The van der Waals surface area contributed by atoms with E-state index in [9.17, 15) is 4.79 Å². The fraction of sp³-hybridized carbons (Fsp3) is 0.333. The zero-order chi connectivity index (χ0) is 22.1. The van der Waals surface area contributed by atoms with Crippen molar-refractivity contribution >= 4 is 16.7 Å². The second-order valence-corrected chi connectivity index (χ2v) is 8.22. The molecule has 1 aliphatic carbocycles. The zero-order valence-electron chi connectivity index (χ0n) is 18.0. The maximum atomic E-state index is 13.4. The molecule has 0 radical (unpaired) electrons. The van der Waals surface area contributed by atoms with Gasteiger partial charge >= 0.3 is 0 Å². The molecule has 0 spiro atoms. The maximum Gasteiger partial charge on any atom is 0.200 e. The Balaban J connectivity index is 1.49. The molecular weight excluding hydrogens is 404 g/mol. The van der Waals surface area contributed by atoms with Crippen molar-refractivity contribution in [3.8, 4) is 11.3 Å². The summed E-state index contributed by atoms with van der Waals surface area (Å²) in [6.45, 7) is 3.34. The molecule has 0 saturated carbocycles. The number of aryl methyl sites for hydroxylation is 2. The summed E-state index contributed by atoms with van der Waals surface area (Å²) >= 11 is 0. The van der Waals surface area contributed by atoms with Gasteiger partial charge in [-0.15, -0.1) is 5.10 Å². The van der Waals surface area contributed by atoms with Crippen LogP contribution in [0.15, 0.2) is 53.7 Å². The summed E-state index contributed by atoms with van der Waals surface area (Å²) in [4.78, 5) is 18.0. The quantitative estimate of drug-likeness (QED) is 0.468. The summed E-state index contributed by atoms with van der Waals surface area (Å²) in [6.07, 6.45) is 7.88. The van der Waals surface area contributed by atoms with Gasteiger partial charge in [-0.05, 0) is 43.4 Å². The van der Waals surface area contributed by atoms with Gasteiger partial charge in [0.15, 0.2) is 0 Å². The normalized spacial score (nSPS) is 13.6. The SMILES string of the molecule is CCn1cc(-c2cn(CCCO)nn2)c(=O)c2cc(NC3Cc4ccccc4C3)cnc21. The van der Waals surface area contributed by atoms with E-state index in [1.807, 2.05) is 23.8 Å². The molecule has 32 heavy (non-hydrogen) atoms. The van der Waals surface area contributed by atoms with Crippen molar-refractivity contribution in [2.75, 3.05) is 11.9 Å². The molecule has 3 aromatic heterocycles. The van der Waals surface area contributed by atoms with Crippen LogP contribution in [0.25, 0.3) is 22.3 Å². The van der Waals surface area contributed by atoms with Crippen LogP contribution in [0.4, 0.5) is 5.69 Å². The fourth-order valence-electron chi connectivity index (χ4n) is 4.44. The average molecular weight is 431 g/mol. The molecule has 0 aliphatic heterocycles. The second-order valence-electron chi connectivity index (χ2n) is 8.22. The van der Waals surface area contributed by atoms with Gasteiger partial charge < -0.3 is 15.0 Å². The third-order valence-electron chi connectivity index (χ3n) is 6.04. The monoisotopic (exact) mass is 430 g/mol. The Morgan fingerprint density at radius 1 is 1.19 bits per heavy atom. The standard InChI is InChI=1S/C24H26N6O2/c1-2-29-14-21(22-15-30(28-27-22)8-5-9-31)23(32)20-12-19(13-25-24(20)29)26-18-10-16-6-3-4-7-17(16)11-18/h3-4,6-7,12-15,18,26,31H,2,5,8-11H2,1H3. The molecular formula is C24H26N6O2. The van der Waals surface area contributed by atoms with E-state index in [1.54, 1.807) is 17.1 Å². The number of nitrogens with one attached hydrogen (secondary N) is 1. The molecule has 0 atom stereocenters. The first kappa shape index (κ1) is 20.4. The summed E-state index contributed by atoms with van der Waals surface area (Å²) in [6, 6.07) is 10.7. The highest BCUT2D eigenvalue weighted by atomic mass is 16.3. The highest BCUT2D eigenvalue weighted by molar-refractivity contribution is 5.83. The Kier molecular flexibility index (Phi) is 5.45. The van der Waals surface area contributed by atoms with Crippen LogP contribution in [0.3, 0.4) is 0 Å². The van der Waals surface area contributed by atoms with Crippen molar-refractivity contribution in [2.24, 2.45) is 0 Å². The smallest absolute Gasteiger partial charge is 0.200 e. The largest absolute Gasteiger partial charge is 0.396 e. The summed E-state index contributed by atoms with van der Waals surface area (Å²) in [7, 11) is 0. The molecule has 0 saturated heterocycles. The van der Waals surface area contributed by atoms with E-state index in [0.717, 1.165) is 18.5 Å². The Labute approximate surface area is 185 Å². The molecule has 4 aromatic rings. The van der Waals surface area contributed by atoms with Gasteiger partial charge in [0, 0.05) is 31.9 Å². The number of aliphatic hydroxyl groups excluding tert-OH is 1. The number of rotatable bonds is 7. The number of aliphatic hydroxyl groups is 1. The van der Waals surface area contributed by atoms with Crippen molar-refractivity contribution in [3.05, 3.63) is 70.3 Å². The minimum absolute atomic E-state index is 0.0847. The van der Waals surface area contributed by atoms with Gasteiger partial charge in [-0.2, -0.15) is 0 Å². The van der Waals surface area contributed by atoms with Gasteiger partial charge in [0.1, 0.15) is 11.3 Å². The third-order valence-corrected chi connectivity index (χ3v) is 6.04. The molecule has 1 aliphatic rings. The van der Waals surface area contributed by atoms with Gasteiger partial charge in [0.25, 0.3) is 0 Å². The van der Waals surface area contributed by atoms with Crippen LogP contribution < -0.4 is 10.7 Å². The highest BCUT2D eigenvalue weighted by Crippen LogP contribution is 2.25. The number of fused-ring (bicyclic) bond motifs is 2. The molecule has 1 aromatic carbocycles. The van der Waals surface area contributed by atoms with E-state index in [1.165, 1.54) is 11.1 Å². The number of anilines is 1. The van der Waals surface area contributed by atoms with Crippen molar-refractivity contribution in [2.45, 2.75) is 45.3 Å². The van der Waals surface area contributed by atoms with Gasteiger partial charge in [0.2, 0.25) is 5.43 Å². The predicted octanol–water partition coefficient (Wildman–Crippen LogP) is 2.64. The molecule has 8 heteroatoms. The topological polar surface area (TPSA) is 97.9 Å². The number of hydrogen-bond acceptors (Lipinski definition) is 6. The molecule has 5 rings (SSSR count). The zero-order valence-corrected chi connectivity index (χ0v) is 18.0. The minimum Gasteiger partial charge on any atom is -0.396 e. The summed E-state index contributed by atoms with van der Waals surface area (Å²) in [5.74, 6) is 0. The van der Waals surface area contributed by atoms with Gasteiger partial charge in [-0.1, -0.05) is 29.5 Å². The number of nitrogens with zero attached hydrogens (tertiary/aromatic N) is 5. The first-order valence-corrected chi connectivity index (χ1v) is 11.0. The Bertz CT molecular complexity index is 1300. The highest BCUT2D eigenvalue weighted by Gasteiger charge is 2.21. The van der Waals surface area contributed by atoms with Crippen LogP contribution >= 0.6 is 0 Å². The summed E-state index contributed by atoms with van der Waals surface area (Å²) in [5, 5.41) is 21.4. The first-order chi connectivity index (χ1) is 15.7. The van der Waals surface area contributed by atoms with E-state index < -0.39 is 0 Å². The van der Waals surface area contributed by atoms with Crippen LogP contribution in [0, 0.1) is 0 Å². The van der Waals surface area contributed by atoms with Crippen LogP contribution in [0.1, 0.15) is 24.5 Å². The van der Waals surface area contributed by atoms with Crippen LogP contribution in [-0.4, -0.2) is 42.3 Å². The minimum atomic E-state index is -0.107. The van der Waals surface area contributed by atoms with Crippen molar-refractivity contribution in [3.63, 3.8) is 0 Å². The first-order valence-electron chi connectivity index (χ1n) is 11.0. The lowest BCUT2D eigenvalue weighted by atomic mass is 10.1. The van der Waals surface area contributed by atoms with Crippen LogP contribution in [0.5, 0.6) is 0 Å². The Hall–Kier alpha value is -3.52. The van der Waals surface area contributed by atoms with Gasteiger partial charge in [-0.3, -0.25) is 9.48 Å². The lowest BCUT2D eigenvalue weighted by molar-refractivity contribution is 0.276. The van der Waals surface area contributed by atoms with Crippen molar-refractivity contribution in [1.82, 2.24) is 24.5 Å². The van der Waals surface area contributed by atoms with E-state index in [-0.39, 0.29) is 18.1 Å². The lowest BCUT2D eigenvalue weighted by Crippen LogP contribution is -2.20. The molecule has 164 valence electrons. The molecule has 0 unspecified atom stereocenters. The van der Waals surface area contributed by atoms with E-state index in [4.69, 9.17) is 5.11 Å². The molecule has 0 bridgehead atoms. The fourth-order valence-corrected chi connectivity index (χ4v) is 4.44. The number of pyridine rings is 2. The van der Waals surface area contributed by atoms with E-state index >= 15 is 0 Å². The van der Waals surface area contributed by atoms with Gasteiger partial charge in [-0.25, -0.2) is 4.98 Å². The van der Waals surface area contributed by atoms with Crippen LogP contribution in [-0.2, 0) is 25.9 Å². The molecule has 0 amide bonds. The average Bonchev–Trinajstić information content (AvgIpc) is 3.44. The molecule has 3 heterocycles. The summed E-state index contributed by atoms with van der Waals surface area (Å²) < 4.78 is 3.62. The number of aromatic nitrogens is 5. The molecule has 8 nitrogen and oxygen atoms in total. The van der Waals surface area contributed by atoms with Crippen molar-refractivity contribution < 1.29 is 5.11 Å². The second kappa shape index (κ2) is 8.55.